The van der Waals surface area contributed by atoms with Gasteiger partial charge >= 0.3 is 0 Å². The molecule has 1 atom stereocenters. The molecule has 1 unspecified atom stereocenters. The summed E-state index contributed by atoms with van der Waals surface area (Å²) >= 11 is 1.73. The van der Waals surface area contributed by atoms with Crippen LogP contribution in [0.1, 0.15) is 16.5 Å². The van der Waals surface area contributed by atoms with Crippen molar-refractivity contribution < 1.29 is 4.74 Å². The minimum atomic E-state index is 0.462. The highest BCUT2D eigenvalue weighted by atomic mass is 32.1. The largest absolute Gasteiger partial charge is 0.383 e. The van der Waals surface area contributed by atoms with Crippen molar-refractivity contribution in [3.8, 4) is 0 Å². The smallest absolute Gasteiger partial charge is 0.0931 e. The van der Waals surface area contributed by atoms with Crippen molar-refractivity contribution in [1.82, 2.24) is 10.3 Å². The molecule has 1 aromatic carbocycles. The third kappa shape index (κ3) is 4.74. The molecule has 0 saturated heterocycles. The quantitative estimate of drug-likeness (QED) is 0.753. The first-order chi connectivity index (χ1) is 9.40. The van der Waals surface area contributed by atoms with Crippen LogP contribution < -0.4 is 5.32 Å². The molecule has 0 aliphatic carbocycles. The van der Waals surface area contributed by atoms with Crippen LogP contribution >= 0.6 is 11.3 Å². The minimum absolute atomic E-state index is 0.462. The van der Waals surface area contributed by atoms with Gasteiger partial charge in [-0.3, -0.25) is 0 Å². The van der Waals surface area contributed by atoms with Gasteiger partial charge in [0.1, 0.15) is 0 Å². The predicted octanol–water partition coefficient (Wildman–Crippen LogP) is 2.71. The van der Waals surface area contributed by atoms with E-state index < -0.39 is 0 Å². The standard InChI is InChI=1S/C15H20N2OS/c1-18-9-7-16-12-14(11-15-17-8-10-19-15)13-5-3-2-4-6-13/h2-6,8,10,14,16H,7,9,11-12H2,1H3. The third-order valence-electron chi connectivity index (χ3n) is 3.05. The minimum Gasteiger partial charge on any atom is -0.383 e. The number of hydrogen-bond acceptors (Lipinski definition) is 4. The fourth-order valence-corrected chi connectivity index (χ4v) is 2.75. The predicted molar refractivity (Wildman–Crippen MR) is 79.7 cm³/mol. The van der Waals surface area contributed by atoms with Crippen molar-refractivity contribution in [2.75, 3.05) is 26.8 Å². The van der Waals surface area contributed by atoms with Gasteiger partial charge in [0.2, 0.25) is 0 Å². The molecule has 19 heavy (non-hydrogen) atoms. The van der Waals surface area contributed by atoms with E-state index in [0.29, 0.717) is 5.92 Å². The van der Waals surface area contributed by atoms with E-state index in [2.05, 4.69) is 40.6 Å². The fourth-order valence-electron chi connectivity index (χ4n) is 2.05. The number of nitrogens with zero attached hydrogens (tertiary/aromatic N) is 1. The lowest BCUT2D eigenvalue weighted by atomic mass is 9.96. The van der Waals surface area contributed by atoms with E-state index in [-0.39, 0.29) is 0 Å². The second kappa shape index (κ2) is 8.04. The maximum Gasteiger partial charge on any atom is 0.0931 e. The molecule has 0 bridgehead atoms. The summed E-state index contributed by atoms with van der Waals surface area (Å²) in [4.78, 5) is 4.39. The second-order valence-electron chi connectivity index (χ2n) is 4.43. The van der Waals surface area contributed by atoms with Gasteiger partial charge in [0.15, 0.2) is 0 Å². The van der Waals surface area contributed by atoms with E-state index >= 15 is 0 Å². The van der Waals surface area contributed by atoms with Crippen LogP contribution in [0.5, 0.6) is 0 Å². The molecule has 0 saturated carbocycles. The number of benzene rings is 1. The normalized spacial score (nSPS) is 12.5. The first-order valence-corrected chi connectivity index (χ1v) is 7.41. The molecule has 0 aliphatic rings. The first kappa shape index (κ1) is 14.2. The van der Waals surface area contributed by atoms with Gasteiger partial charge in [0.25, 0.3) is 0 Å². The molecule has 2 rings (SSSR count). The molecule has 2 aromatic rings. The van der Waals surface area contributed by atoms with Crippen molar-refractivity contribution in [3.63, 3.8) is 0 Å². The Labute approximate surface area is 118 Å². The Morgan fingerprint density at radius 3 is 2.84 bits per heavy atom. The van der Waals surface area contributed by atoms with E-state index in [4.69, 9.17) is 4.74 Å². The Bertz CT molecular complexity index is 444. The lowest BCUT2D eigenvalue weighted by molar-refractivity contribution is 0.199. The van der Waals surface area contributed by atoms with E-state index in [1.165, 1.54) is 10.6 Å². The molecule has 0 radical (unpaired) electrons. The summed E-state index contributed by atoms with van der Waals surface area (Å²) in [6.07, 6.45) is 2.86. The average molecular weight is 276 g/mol. The molecule has 1 heterocycles. The Morgan fingerprint density at radius 2 is 2.16 bits per heavy atom. The average Bonchev–Trinajstić information content (AvgIpc) is 2.96. The summed E-state index contributed by atoms with van der Waals surface area (Å²) in [6, 6.07) is 10.6. The van der Waals surface area contributed by atoms with Crippen LogP contribution in [0.3, 0.4) is 0 Å². The third-order valence-corrected chi connectivity index (χ3v) is 3.85. The molecule has 0 fully saturated rings. The number of aromatic nitrogens is 1. The number of ether oxygens (including phenoxy) is 1. The van der Waals surface area contributed by atoms with E-state index in [9.17, 15) is 0 Å². The van der Waals surface area contributed by atoms with Crippen LogP contribution in [0.4, 0.5) is 0 Å². The molecular formula is C15H20N2OS. The fraction of sp³-hybridized carbons (Fsp3) is 0.400. The maximum atomic E-state index is 5.06. The Morgan fingerprint density at radius 1 is 1.32 bits per heavy atom. The van der Waals surface area contributed by atoms with Crippen molar-refractivity contribution in [2.45, 2.75) is 12.3 Å². The molecule has 0 spiro atoms. The van der Waals surface area contributed by atoms with Gasteiger partial charge in [-0.2, -0.15) is 0 Å². The van der Waals surface area contributed by atoms with Crippen LogP contribution in [0.25, 0.3) is 0 Å². The van der Waals surface area contributed by atoms with Gasteiger partial charge in [-0.1, -0.05) is 30.3 Å². The Balaban J connectivity index is 1.96. The van der Waals surface area contributed by atoms with Crippen LogP contribution in [-0.2, 0) is 11.2 Å². The van der Waals surface area contributed by atoms with Gasteiger partial charge in [-0.15, -0.1) is 11.3 Å². The highest BCUT2D eigenvalue weighted by Gasteiger charge is 2.13. The zero-order valence-electron chi connectivity index (χ0n) is 11.2. The van der Waals surface area contributed by atoms with Gasteiger partial charge in [0.05, 0.1) is 11.6 Å². The van der Waals surface area contributed by atoms with Gasteiger partial charge in [-0.25, -0.2) is 4.98 Å². The summed E-state index contributed by atoms with van der Waals surface area (Å²) in [5.74, 6) is 0.462. The number of hydrogen-bond donors (Lipinski definition) is 1. The van der Waals surface area contributed by atoms with Gasteiger partial charge in [0, 0.05) is 44.1 Å². The molecule has 3 nitrogen and oxygen atoms in total. The van der Waals surface area contributed by atoms with Gasteiger partial charge in [-0.05, 0) is 5.56 Å². The molecule has 102 valence electrons. The number of rotatable bonds is 8. The SMILES string of the molecule is COCCNCC(Cc1nccs1)c1ccccc1. The molecule has 0 aliphatic heterocycles. The molecular weight excluding hydrogens is 256 g/mol. The van der Waals surface area contributed by atoms with Crippen LogP contribution in [-0.4, -0.2) is 31.8 Å². The molecule has 1 aromatic heterocycles. The van der Waals surface area contributed by atoms with E-state index in [0.717, 1.165) is 26.1 Å². The number of methoxy groups -OCH3 is 1. The summed E-state index contributed by atoms with van der Waals surface area (Å²) in [7, 11) is 1.73. The van der Waals surface area contributed by atoms with Crippen LogP contribution in [0, 0.1) is 0 Å². The molecule has 1 N–H and O–H groups in total. The summed E-state index contributed by atoms with van der Waals surface area (Å²) in [6.45, 7) is 2.59. The monoisotopic (exact) mass is 276 g/mol. The van der Waals surface area contributed by atoms with Crippen molar-refractivity contribution in [1.29, 1.82) is 0 Å². The molecule has 0 amide bonds. The Kier molecular flexibility index (Phi) is 6.01. The maximum absolute atomic E-state index is 5.06. The topological polar surface area (TPSA) is 34.1 Å². The Hall–Kier alpha value is -1.23. The summed E-state index contributed by atoms with van der Waals surface area (Å²) < 4.78 is 5.06. The molecule has 4 heteroatoms. The number of thiazole rings is 1. The summed E-state index contributed by atoms with van der Waals surface area (Å²) in [5, 5.41) is 6.68. The van der Waals surface area contributed by atoms with Crippen LogP contribution in [0.2, 0.25) is 0 Å². The highest BCUT2D eigenvalue weighted by Crippen LogP contribution is 2.21. The van der Waals surface area contributed by atoms with Crippen LogP contribution in [0.15, 0.2) is 41.9 Å². The van der Waals surface area contributed by atoms with Crippen molar-refractivity contribution in [2.24, 2.45) is 0 Å². The van der Waals surface area contributed by atoms with Crippen molar-refractivity contribution in [3.05, 3.63) is 52.5 Å². The lowest BCUT2D eigenvalue weighted by Crippen LogP contribution is -2.26. The zero-order chi connectivity index (χ0) is 13.3. The van der Waals surface area contributed by atoms with Gasteiger partial charge < -0.3 is 10.1 Å². The second-order valence-corrected chi connectivity index (χ2v) is 5.41. The lowest BCUT2D eigenvalue weighted by Gasteiger charge is -2.17. The summed E-state index contributed by atoms with van der Waals surface area (Å²) in [5.41, 5.74) is 1.36. The van der Waals surface area contributed by atoms with E-state index in [1.807, 2.05) is 11.6 Å². The number of nitrogens with one attached hydrogen (secondary N) is 1. The van der Waals surface area contributed by atoms with Crippen molar-refractivity contribution >= 4 is 11.3 Å². The first-order valence-electron chi connectivity index (χ1n) is 6.53. The zero-order valence-corrected chi connectivity index (χ0v) is 12.0. The highest BCUT2D eigenvalue weighted by molar-refractivity contribution is 7.09. The van der Waals surface area contributed by atoms with E-state index in [1.54, 1.807) is 18.4 Å².